The highest BCUT2D eigenvalue weighted by Gasteiger charge is 2.51. The third kappa shape index (κ3) is 37.4. The Morgan fingerprint density at radius 1 is 0.440 bits per heavy atom. The van der Waals surface area contributed by atoms with Gasteiger partial charge in [0.2, 0.25) is 5.91 Å². The molecule has 1 amide bonds. The van der Waals surface area contributed by atoms with Crippen LogP contribution in [0, 0.1) is 0 Å². The van der Waals surface area contributed by atoms with E-state index in [2.05, 4.69) is 153 Å². The van der Waals surface area contributed by atoms with Gasteiger partial charge >= 0.3 is 0 Å². The summed E-state index contributed by atoms with van der Waals surface area (Å²) in [6, 6.07) is -0.948. The minimum absolute atomic E-state index is 0.256. The van der Waals surface area contributed by atoms with Gasteiger partial charge in [0.25, 0.3) is 0 Å². The minimum Gasteiger partial charge on any atom is -0.394 e. The van der Waals surface area contributed by atoms with E-state index in [1.165, 1.54) is 44.9 Å². The second-order valence-corrected chi connectivity index (χ2v) is 21.8. The number of hydrogen-bond donors (Lipinski definition) is 9. The van der Waals surface area contributed by atoms with Crippen molar-refractivity contribution in [1.82, 2.24) is 5.32 Å². The zero-order chi connectivity index (χ0) is 60.9. The van der Waals surface area contributed by atoms with Crippen LogP contribution >= 0.6 is 0 Å². The fourth-order valence-electron chi connectivity index (χ4n) is 9.38. The molecular formula is C70H113NO13. The van der Waals surface area contributed by atoms with Crippen molar-refractivity contribution in [3.05, 3.63) is 146 Å². The largest absolute Gasteiger partial charge is 0.394 e. The van der Waals surface area contributed by atoms with Crippen molar-refractivity contribution in [2.24, 2.45) is 0 Å². The van der Waals surface area contributed by atoms with Gasteiger partial charge in [-0.25, -0.2) is 0 Å². The minimum atomic E-state index is -1.80. The maximum atomic E-state index is 13.2. The molecule has 2 aliphatic rings. The second kappa shape index (κ2) is 53.1. The molecule has 2 fully saturated rings. The molecule has 84 heavy (non-hydrogen) atoms. The number of amides is 1. The van der Waals surface area contributed by atoms with Crippen molar-refractivity contribution >= 4 is 5.91 Å². The maximum Gasteiger partial charge on any atom is 0.220 e. The maximum absolute atomic E-state index is 13.2. The molecule has 14 nitrogen and oxygen atoms in total. The Balaban J connectivity index is 1.61. The lowest BCUT2D eigenvalue weighted by molar-refractivity contribution is -0.359. The predicted molar refractivity (Wildman–Crippen MR) is 341 cm³/mol. The highest BCUT2D eigenvalue weighted by Crippen LogP contribution is 2.30. The summed E-state index contributed by atoms with van der Waals surface area (Å²) in [5.74, 6) is -0.266. The molecule has 0 aromatic heterocycles. The van der Waals surface area contributed by atoms with E-state index in [4.69, 9.17) is 18.9 Å². The molecule has 0 saturated carbocycles. The van der Waals surface area contributed by atoms with Gasteiger partial charge < -0.3 is 65.1 Å². The Labute approximate surface area is 506 Å². The van der Waals surface area contributed by atoms with Crippen LogP contribution < -0.4 is 5.32 Å². The number of aliphatic hydroxyl groups excluding tert-OH is 8. The first-order valence-electron chi connectivity index (χ1n) is 32.1. The van der Waals surface area contributed by atoms with Gasteiger partial charge in [0.05, 0.1) is 32.0 Å². The lowest BCUT2D eigenvalue weighted by Gasteiger charge is -2.46. The Morgan fingerprint density at radius 2 is 0.833 bits per heavy atom. The molecule has 0 bridgehead atoms. The number of rotatable bonds is 49. The molecule has 2 heterocycles. The SMILES string of the molecule is CC/C=C\C/C=C\C/C=C\C/C=C\C/C=C\C/C=C\C/C=C\C/C=C\C/C=C\CCCCCCCCCCCCCC(=O)NC(COC1OC(CO)C(OC2OC(CO)C(O)C(O)C2O)C(O)C1O)C(O)/C=C/CC/C=C/CC/C=C/CCC. The van der Waals surface area contributed by atoms with E-state index in [-0.39, 0.29) is 18.9 Å². The van der Waals surface area contributed by atoms with Crippen molar-refractivity contribution in [2.45, 2.75) is 267 Å². The third-order valence-electron chi connectivity index (χ3n) is 14.5. The van der Waals surface area contributed by atoms with Crippen LogP contribution in [0.4, 0.5) is 0 Å². The number of ether oxygens (including phenoxy) is 4. The number of allylic oxidation sites excluding steroid dienone is 23. The fourth-order valence-corrected chi connectivity index (χ4v) is 9.38. The van der Waals surface area contributed by atoms with Crippen molar-refractivity contribution in [1.29, 1.82) is 0 Å². The van der Waals surface area contributed by atoms with Crippen LogP contribution in [0.3, 0.4) is 0 Å². The number of hydrogen-bond acceptors (Lipinski definition) is 13. The topological polar surface area (TPSA) is 228 Å². The van der Waals surface area contributed by atoms with Crippen molar-refractivity contribution in [3.63, 3.8) is 0 Å². The summed E-state index contributed by atoms with van der Waals surface area (Å²) in [5.41, 5.74) is 0. The standard InChI is InChI=1S/C70H113NO13/c1-3-5-7-9-11-13-15-16-17-18-19-20-21-22-23-24-25-26-27-28-29-30-31-32-33-34-35-36-37-38-39-40-41-42-44-46-48-50-52-54-62(75)71-58(59(74)53-51-49-47-45-43-14-12-10-8-6-4-2)57-81-69-67(80)65(78)68(61(56-73)83-69)84-70-66(79)64(77)63(76)60(55-72)82-70/h5,7-8,10-11,13,16-17,19-20,22-23,25-26,28-29,31-32,34-35,43,45,51,53,58-61,63-70,72-74,76-80H,3-4,6,9,12,14-15,18,21,24,27,30,33,36-42,44,46-50,52,54-57H2,1-2H3,(H,71,75)/b7-5-,10-8+,13-11-,17-16-,20-19-,23-22-,26-25-,29-28-,32-31-,35-34-,45-43+,53-51+. The first-order valence-corrected chi connectivity index (χ1v) is 32.1. The Kier molecular flexibility index (Phi) is 48.1. The second-order valence-electron chi connectivity index (χ2n) is 21.8. The Hall–Kier alpha value is -4.13. The molecule has 2 saturated heterocycles. The van der Waals surface area contributed by atoms with Gasteiger partial charge in [-0.05, 0) is 109 Å². The van der Waals surface area contributed by atoms with Gasteiger partial charge in [0, 0.05) is 6.42 Å². The van der Waals surface area contributed by atoms with E-state index < -0.39 is 86.8 Å². The molecule has 9 N–H and O–H groups in total. The van der Waals surface area contributed by atoms with Crippen molar-refractivity contribution in [3.8, 4) is 0 Å². The zero-order valence-corrected chi connectivity index (χ0v) is 51.3. The fraction of sp³-hybridized carbons (Fsp3) is 0.643. The van der Waals surface area contributed by atoms with E-state index in [0.717, 1.165) is 116 Å². The van der Waals surface area contributed by atoms with Gasteiger partial charge in [0.1, 0.15) is 48.8 Å². The molecule has 0 aromatic carbocycles. The van der Waals surface area contributed by atoms with Crippen LogP contribution in [-0.4, -0.2) is 140 Å². The van der Waals surface area contributed by atoms with E-state index in [1.54, 1.807) is 6.08 Å². The monoisotopic (exact) mass is 1180 g/mol. The highest BCUT2D eigenvalue weighted by molar-refractivity contribution is 5.76. The van der Waals surface area contributed by atoms with E-state index in [9.17, 15) is 45.6 Å². The summed E-state index contributed by atoms with van der Waals surface area (Å²) in [6.07, 6.45) is 63.5. The van der Waals surface area contributed by atoms with Crippen LogP contribution in [-0.2, 0) is 23.7 Å². The van der Waals surface area contributed by atoms with Gasteiger partial charge in [-0.2, -0.15) is 0 Å². The summed E-state index contributed by atoms with van der Waals surface area (Å²) < 4.78 is 22.7. The molecule has 0 aromatic rings. The summed E-state index contributed by atoms with van der Waals surface area (Å²) in [5, 5.41) is 86.9. The van der Waals surface area contributed by atoms with Crippen molar-refractivity contribution in [2.75, 3.05) is 19.8 Å². The molecule has 0 spiro atoms. The van der Waals surface area contributed by atoms with E-state index in [0.29, 0.717) is 12.8 Å². The van der Waals surface area contributed by atoms with Gasteiger partial charge in [0.15, 0.2) is 12.6 Å². The Morgan fingerprint density at radius 3 is 1.30 bits per heavy atom. The number of carbonyl (C=O) groups excluding carboxylic acids is 1. The van der Waals surface area contributed by atoms with Crippen LogP contribution in [0.2, 0.25) is 0 Å². The molecule has 0 radical (unpaired) electrons. The lowest BCUT2D eigenvalue weighted by atomic mass is 9.97. The number of nitrogens with one attached hydrogen (secondary N) is 1. The van der Waals surface area contributed by atoms with Crippen LogP contribution in [0.15, 0.2) is 146 Å². The molecule has 14 heteroatoms. The first-order chi connectivity index (χ1) is 41.1. The van der Waals surface area contributed by atoms with Crippen LogP contribution in [0.5, 0.6) is 0 Å². The molecule has 476 valence electrons. The highest BCUT2D eigenvalue weighted by atomic mass is 16.7. The Bertz CT molecular complexity index is 1970. The number of unbranched alkanes of at least 4 members (excludes halogenated alkanes) is 14. The van der Waals surface area contributed by atoms with Gasteiger partial charge in [-0.1, -0.05) is 224 Å². The number of carbonyl (C=O) groups is 1. The summed E-state index contributed by atoms with van der Waals surface area (Å²) >= 11 is 0. The average molecular weight is 1180 g/mol. The zero-order valence-electron chi connectivity index (χ0n) is 51.3. The van der Waals surface area contributed by atoms with Crippen LogP contribution in [0.25, 0.3) is 0 Å². The lowest BCUT2D eigenvalue weighted by Crippen LogP contribution is -2.65. The van der Waals surface area contributed by atoms with E-state index in [1.807, 2.05) is 6.08 Å². The van der Waals surface area contributed by atoms with Crippen molar-refractivity contribution < 1.29 is 64.6 Å². The van der Waals surface area contributed by atoms with E-state index >= 15 is 0 Å². The van der Waals surface area contributed by atoms with Gasteiger partial charge in [-0.3, -0.25) is 4.79 Å². The van der Waals surface area contributed by atoms with Crippen LogP contribution in [0.1, 0.15) is 194 Å². The molecule has 0 aliphatic carbocycles. The quantitative estimate of drug-likeness (QED) is 0.0204. The molecule has 12 unspecified atom stereocenters. The molecule has 12 atom stereocenters. The average Bonchev–Trinajstić information content (AvgIpc) is 3.59. The molecule has 2 rings (SSSR count). The normalized spacial score (nSPS) is 24.7. The summed E-state index contributed by atoms with van der Waals surface area (Å²) in [6.45, 7) is 2.55. The third-order valence-corrected chi connectivity index (χ3v) is 14.5. The smallest absolute Gasteiger partial charge is 0.220 e. The first kappa shape index (κ1) is 76.0. The molecule has 2 aliphatic heterocycles. The number of aliphatic hydroxyl groups is 8. The summed E-state index contributed by atoms with van der Waals surface area (Å²) in [4.78, 5) is 13.2. The summed E-state index contributed by atoms with van der Waals surface area (Å²) in [7, 11) is 0. The molecular weight excluding hydrogens is 1060 g/mol. The predicted octanol–water partition coefficient (Wildman–Crippen LogP) is 12.1. The van der Waals surface area contributed by atoms with Gasteiger partial charge in [-0.15, -0.1) is 0 Å².